The van der Waals surface area contributed by atoms with E-state index in [0.29, 0.717) is 12.5 Å². The first kappa shape index (κ1) is 14.8. The van der Waals surface area contributed by atoms with Gasteiger partial charge in [-0.1, -0.05) is 32.6 Å². The standard InChI is InChI=1S/C16H30N2O/c1-12-4-2-5-13(10-12)8-9-18-16(19)15-7-3-6-14(15)11-17/h12-15H,2-11,17H2,1H3,(H,18,19)/t12?,13?,14-,15-/m1/s1. The highest BCUT2D eigenvalue weighted by Crippen LogP contribution is 2.32. The van der Waals surface area contributed by atoms with Gasteiger partial charge in [-0.05, 0) is 50.0 Å². The highest BCUT2D eigenvalue weighted by atomic mass is 16.1. The molecule has 2 aliphatic carbocycles. The Morgan fingerprint density at radius 1 is 1.21 bits per heavy atom. The summed E-state index contributed by atoms with van der Waals surface area (Å²) >= 11 is 0. The maximum Gasteiger partial charge on any atom is 0.223 e. The van der Waals surface area contributed by atoms with E-state index < -0.39 is 0 Å². The number of carbonyl (C=O) groups is 1. The first-order chi connectivity index (χ1) is 9.20. The van der Waals surface area contributed by atoms with Gasteiger partial charge in [0.1, 0.15) is 0 Å². The molecule has 2 aliphatic rings. The zero-order chi connectivity index (χ0) is 13.7. The van der Waals surface area contributed by atoms with Crippen LogP contribution in [0.2, 0.25) is 0 Å². The van der Waals surface area contributed by atoms with Crippen LogP contribution in [0.3, 0.4) is 0 Å². The molecule has 0 spiro atoms. The van der Waals surface area contributed by atoms with E-state index in [4.69, 9.17) is 5.73 Å². The summed E-state index contributed by atoms with van der Waals surface area (Å²) in [5, 5.41) is 3.16. The van der Waals surface area contributed by atoms with E-state index in [9.17, 15) is 4.79 Å². The average molecular weight is 266 g/mol. The van der Waals surface area contributed by atoms with E-state index in [2.05, 4.69) is 12.2 Å². The molecule has 1 amide bonds. The van der Waals surface area contributed by atoms with Crippen molar-refractivity contribution in [2.24, 2.45) is 29.4 Å². The normalized spacial score (nSPS) is 35.3. The molecule has 19 heavy (non-hydrogen) atoms. The van der Waals surface area contributed by atoms with Crippen LogP contribution in [-0.2, 0) is 4.79 Å². The molecular weight excluding hydrogens is 236 g/mol. The van der Waals surface area contributed by atoms with E-state index in [-0.39, 0.29) is 11.8 Å². The van der Waals surface area contributed by atoms with Crippen LogP contribution >= 0.6 is 0 Å². The number of hydrogen-bond donors (Lipinski definition) is 2. The summed E-state index contributed by atoms with van der Waals surface area (Å²) in [5.74, 6) is 2.59. The Kier molecular flexibility index (Phi) is 5.68. The molecule has 2 fully saturated rings. The van der Waals surface area contributed by atoms with Gasteiger partial charge in [-0.2, -0.15) is 0 Å². The number of carbonyl (C=O) groups excluding carboxylic acids is 1. The fourth-order valence-corrected chi connectivity index (χ4v) is 4.02. The van der Waals surface area contributed by atoms with Gasteiger partial charge in [-0.15, -0.1) is 0 Å². The van der Waals surface area contributed by atoms with Crippen molar-refractivity contribution in [2.75, 3.05) is 13.1 Å². The van der Waals surface area contributed by atoms with Gasteiger partial charge < -0.3 is 11.1 Å². The molecule has 3 nitrogen and oxygen atoms in total. The predicted octanol–water partition coefficient (Wildman–Crippen LogP) is 2.69. The van der Waals surface area contributed by atoms with Gasteiger partial charge in [0, 0.05) is 12.5 Å². The molecule has 2 saturated carbocycles. The van der Waals surface area contributed by atoms with E-state index >= 15 is 0 Å². The lowest BCUT2D eigenvalue weighted by Gasteiger charge is -2.27. The van der Waals surface area contributed by atoms with Gasteiger partial charge in [-0.25, -0.2) is 0 Å². The minimum Gasteiger partial charge on any atom is -0.356 e. The van der Waals surface area contributed by atoms with Gasteiger partial charge >= 0.3 is 0 Å². The molecular formula is C16H30N2O. The fraction of sp³-hybridized carbons (Fsp3) is 0.938. The Bertz CT molecular complexity index is 292. The summed E-state index contributed by atoms with van der Waals surface area (Å²) in [7, 11) is 0. The molecule has 110 valence electrons. The van der Waals surface area contributed by atoms with Crippen LogP contribution in [0.5, 0.6) is 0 Å². The summed E-state index contributed by atoms with van der Waals surface area (Å²) in [4.78, 5) is 12.2. The molecule has 3 N–H and O–H groups in total. The zero-order valence-corrected chi connectivity index (χ0v) is 12.4. The summed E-state index contributed by atoms with van der Waals surface area (Å²) in [6.45, 7) is 3.89. The highest BCUT2D eigenvalue weighted by molar-refractivity contribution is 5.79. The zero-order valence-electron chi connectivity index (χ0n) is 12.4. The smallest absolute Gasteiger partial charge is 0.223 e. The lowest BCUT2D eigenvalue weighted by Crippen LogP contribution is -2.36. The molecule has 2 rings (SSSR count). The van der Waals surface area contributed by atoms with Crippen LogP contribution in [0, 0.1) is 23.7 Å². The minimum atomic E-state index is 0.190. The second-order valence-corrected chi connectivity index (χ2v) is 6.75. The molecule has 0 bridgehead atoms. The van der Waals surface area contributed by atoms with Gasteiger partial charge in [0.05, 0.1) is 0 Å². The van der Waals surface area contributed by atoms with Crippen molar-refractivity contribution < 1.29 is 4.79 Å². The van der Waals surface area contributed by atoms with Crippen LogP contribution < -0.4 is 11.1 Å². The Balaban J connectivity index is 1.66. The van der Waals surface area contributed by atoms with E-state index in [0.717, 1.165) is 37.6 Å². The third-order valence-corrected chi connectivity index (χ3v) is 5.20. The summed E-state index contributed by atoms with van der Waals surface area (Å²) in [5.41, 5.74) is 5.74. The third-order valence-electron chi connectivity index (χ3n) is 5.20. The predicted molar refractivity (Wildman–Crippen MR) is 78.6 cm³/mol. The molecule has 2 unspecified atom stereocenters. The molecule has 3 heteroatoms. The fourth-order valence-electron chi connectivity index (χ4n) is 4.02. The Labute approximate surface area is 117 Å². The second kappa shape index (κ2) is 7.28. The van der Waals surface area contributed by atoms with Gasteiger partial charge in [-0.3, -0.25) is 4.79 Å². The first-order valence-corrected chi connectivity index (χ1v) is 8.18. The SMILES string of the molecule is CC1CCCC(CCNC(=O)[C@@H]2CCC[C@@H]2CN)C1. The van der Waals surface area contributed by atoms with E-state index in [1.807, 2.05) is 0 Å². The third kappa shape index (κ3) is 4.20. The van der Waals surface area contributed by atoms with Gasteiger partial charge in [0.15, 0.2) is 0 Å². The average Bonchev–Trinajstić information content (AvgIpc) is 2.87. The Hall–Kier alpha value is -0.570. The summed E-state index contributed by atoms with van der Waals surface area (Å²) in [6, 6.07) is 0. The van der Waals surface area contributed by atoms with E-state index in [1.165, 1.54) is 32.1 Å². The lowest BCUT2D eigenvalue weighted by molar-refractivity contribution is -0.126. The monoisotopic (exact) mass is 266 g/mol. The van der Waals surface area contributed by atoms with Crippen molar-refractivity contribution in [3.63, 3.8) is 0 Å². The van der Waals surface area contributed by atoms with Gasteiger partial charge in [0.2, 0.25) is 5.91 Å². The largest absolute Gasteiger partial charge is 0.356 e. The Morgan fingerprint density at radius 2 is 2.00 bits per heavy atom. The van der Waals surface area contributed by atoms with Crippen LogP contribution in [0.4, 0.5) is 0 Å². The van der Waals surface area contributed by atoms with Crippen molar-refractivity contribution in [2.45, 2.75) is 58.3 Å². The minimum absolute atomic E-state index is 0.190. The van der Waals surface area contributed by atoms with Crippen molar-refractivity contribution in [3.05, 3.63) is 0 Å². The van der Waals surface area contributed by atoms with Crippen LogP contribution in [0.15, 0.2) is 0 Å². The molecule has 0 aliphatic heterocycles. The number of amides is 1. The van der Waals surface area contributed by atoms with Crippen molar-refractivity contribution in [3.8, 4) is 0 Å². The van der Waals surface area contributed by atoms with Crippen molar-refractivity contribution in [1.29, 1.82) is 0 Å². The number of hydrogen-bond acceptors (Lipinski definition) is 2. The molecule has 0 saturated heterocycles. The highest BCUT2D eigenvalue weighted by Gasteiger charge is 2.31. The molecule has 0 aromatic rings. The topological polar surface area (TPSA) is 55.1 Å². The first-order valence-electron chi connectivity index (χ1n) is 8.18. The van der Waals surface area contributed by atoms with Crippen LogP contribution in [-0.4, -0.2) is 19.0 Å². The Morgan fingerprint density at radius 3 is 2.74 bits per heavy atom. The number of rotatable bonds is 5. The maximum atomic E-state index is 12.2. The summed E-state index contributed by atoms with van der Waals surface area (Å²) < 4.78 is 0. The van der Waals surface area contributed by atoms with Gasteiger partial charge in [0.25, 0.3) is 0 Å². The molecule has 0 aromatic heterocycles. The van der Waals surface area contributed by atoms with Crippen LogP contribution in [0.25, 0.3) is 0 Å². The number of nitrogens with one attached hydrogen (secondary N) is 1. The van der Waals surface area contributed by atoms with E-state index in [1.54, 1.807) is 0 Å². The number of nitrogens with two attached hydrogens (primary N) is 1. The maximum absolute atomic E-state index is 12.2. The molecule has 0 heterocycles. The molecule has 4 atom stereocenters. The van der Waals surface area contributed by atoms with Crippen molar-refractivity contribution >= 4 is 5.91 Å². The lowest BCUT2D eigenvalue weighted by atomic mass is 9.81. The summed E-state index contributed by atoms with van der Waals surface area (Å²) in [6.07, 6.45) is 9.97. The van der Waals surface area contributed by atoms with Crippen LogP contribution in [0.1, 0.15) is 58.3 Å². The second-order valence-electron chi connectivity index (χ2n) is 6.75. The molecule has 0 radical (unpaired) electrons. The quantitative estimate of drug-likeness (QED) is 0.804. The molecule has 0 aromatic carbocycles. The van der Waals surface area contributed by atoms with Crippen molar-refractivity contribution in [1.82, 2.24) is 5.32 Å².